The van der Waals surface area contributed by atoms with E-state index in [-0.39, 0.29) is 17.6 Å². The Balaban J connectivity index is 1.49. The van der Waals surface area contributed by atoms with Gasteiger partial charge in [0.1, 0.15) is 17.7 Å². The normalized spacial score (nSPS) is 13.5. The van der Waals surface area contributed by atoms with Gasteiger partial charge in [-0.3, -0.25) is 9.59 Å². The number of aromatic nitrogens is 2. The molecule has 3 rings (SSSR count). The second-order valence-electron chi connectivity index (χ2n) is 9.90. The van der Waals surface area contributed by atoms with Crippen LogP contribution < -0.4 is 16.0 Å². The number of anilines is 3. The molecule has 1 aromatic heterocycles. The lowest BCUT2D eigenvalue weighted by Gasteiger charge is -2.23. The Morgan fingerprint density at radius 1 is 1.26 bits per heavy atom. The van der Waals surface area contributed by atoms with E-state index >= 15 is 0 Å². The van der Waals surface area contributed by atoms with E-state index in [1.807, 2.05) is 19.0 Å². The molecule has 1 aliphatic carbocycles. The molecule has 39 heavy (non-hydrogen) atoms. The summed E-state index contributed by atoms with van der Waals surface area (Å²) in [5.41, 5.74) is 1.25. The Morgan fingerprint density at radius 2 is 2.05 bits per heavy atom. The minimum Gasteiger partial charge on any atom is -0.369 e. The van der Waals surface area contributed by atoms with Gasteiger partial charge in [-0.05, 0) is 64.4 Å². The lowest BCUT2D eigenvalue weighted by Crippen LogP contribution is -2.45. The summed E-state index contributed by atoms with van der Waals surface area (Å²) in [5.74, 6) is 7.14. The van der Waals surface area contributed by atoms with Crippen molar-refractivity contribution in [3.63, 3.8) is 0 Å². The van der Waals surface area contributed by atoms with Crippen LogP contribution in [0.2, 0.25) is 0 Å². The van der Waals surface area contributed by atoms with Gasteiger partial charge >= 0.3 is 0 Å². The number of carbonyl (C=O) groups is 2. The van der Waals surface area contributed by atoms with E-state index in [1.54, 1.807) is 38.4 Å². The fourth-order valence-corrected chi connectivity index (χ4v) is 3.47. The Hall–Kier alpha value is -3.97. The van der Waals surface area contributed by atoms with Crippen molar-refractivity contribution in [2.45, 2.75) is 38.6 Å². The first-order chi connectivity index (χ1) is 18.7. The van der Waals surface area contributed by atoms with Gasteiger partial charge in [-0.25, -0.2) is 9.37 Å². The minimum absolute atomic E-state index is 0.207. The third-order valence-corrected chi connectivity index (χ3v) is 6.16. The van der Waals surface area contributed by atoms with Gasteiger partial charge in [0.15, 0.2) is 0 Å². The molecule has 1 saturated carbocycles. The Labute approximate surface area is 230 Å². The molecule has 0 unspecified atom stereocenters. The predicted molar refractivity (Wildman–Crippen MR) is 152 cm³/mol. The van der Waals surface area contributed by atoms with Crippen LogP contribution in [0.1, 0.15) is 38.2 Å². The van der Waals surface area contributed by atoms with E-state index in [9.17, 15) is 14.0 Å². The van der Waals surface area contributed by atoms with Crippen LogP contribution in [0, 0.1) is 23.6 Å². The van der Waals surface area contributed by atoms with Crippen LogP contribution in [0.3, 0.4) is 0 Å². The van der Waals surface area contributed by atoms with E-state index in [0.29, 0.717) is 54.9 Å². The van der Waals surface area contributed by atoms with Crippen molar-refractivity contribution in [3.8, 4) is 11.8 Å². The molecule has 3 N–H and O–H groups in total. The molecule has 0 bridgehead atoms. The quantitative estimate of drug-likeness (QED) is 0.205. The molecule has 1 fully saturated rings. The third kappa shape index (κ3) is 10.4. The third-order valence-electron chi connectivity index (χ3n) is 6.16. The molecular formula is C29H38FN7O2. The summed E-state index contributed by atoms with van der Waals surface area (Å²) in [4.78, 5) is 37.0. The predicted octanol–water partition coefficient (Wildman–Crippen LogP) is 3.39. The number of amides is 2. The average molecular weight is 536 g/mol. The molecule has 2 aromatic rings. The fraction of sp³-hybridized carbons (Fsp3) is 0.448. The molecular weight excluding hydrogens is 497 g/mol. The van der Waals surface area contributed by atoms with Gasteiger partial charge in [-0.15, -0.1) is 0 Å². The first kappa shape index (κ1) is 29.6. The van der Waals surface area contributed by atoms with E-state index in [1.165, 1.54) is 36.0 Å². The Kier molecular flexibility index (Phi) is 11.3. The van der Waals surface area contributed by atoms with Crippen molar-refractivity contribution in [2.75, 3.05) is 51.4 Å². The Bertz CT molecular complexity index is 1220. The maximum atomic E-state index is 13.5. The highest BCUT2D eigenvalue weighted by atomic mass is 19.1. The average Bonchev–Trinajstić information content (AvgIpc) is 3.73. The highest BCUT2D eigenvalue weighted by molar-refractivity contribution is 5.92. The molecule has 9 nitrogen and oxygen atoms in total. The van der Waals surface area contributed by atoms with E-state index in [0.717, 1.165) is 6.54 Å². The lowest BCUT2D eigenvalue weighted by molar-refractivity contribution is -0.135. The summed E-state index contributed by atoms with van der Waals surface area (Å²) in [6.45, 7) is 3.63. The van der Waals surface area contributed by atoms with E-state index < -0.39 is 6.04 Å². The van der Waals surface area contributed by atoms with Crippen LogP contribution in [0.4, 0.5) is 21.8 Å². The molecule has 0 aliphatic heterocycles. The number of halogens is 1. The molecule has 1 heterocycles. The Morgan fingerprint density at radius 3 is 2.77 bits per heavy atom. The summed E-state index contributed by atoms with van der Waals surface area (Å²) >= 11 is 0. The van der Waals surface area contributed by atoms with Crippen molar-refractivity contribution in [2.24, 2.45) is 5.92 Å². The van der Waals surface area contributed by atoms with Crippen LogP contribution in [-0.4, -0.2) is 78.4 Å². The smallest absolute Gasteiger partial charge is 0.246 e. The van der Waals surface area contributed by atoms with Gasteiger partial charge < -0.3 is 25.8 Å². The maximum Gasteiger partial charge on any atom is 0.246 e. The van der Waals surface area contributed by atoms with Crippen LogP contribution >= 0.6 is 0 Å². The zero-order valence-electron chi connectivity index (χ0n) is 23.1. The molecule has 1 atom stereocenters. The van der Waals surface area contributed by atoms with E-state index in [2.05, 4.69) is 37.8 Å². The van der Waals surface area contributed by atoms with Crippen LogP contribution in [-0.2, 0) is 9.59 Å². The van der Waals surface area contributed by atoms with Crippen LogP contribution in [0.15, 0.2) is 42.6 Å². The summed E-state index contributed by atoms with van der Waals surface area (Å²) in [5, 5.41) is 9.27. The van der Waals surface area contributed by atoms with Crippen molar-refractivity contribution in [3.05, 3.63) is 54.0 Å². The van der Waals surface area contributed by atoms with Crippen molar-refractivity contribution < 1.29 is 14.0 Å². The number of rotatable bonds is 13. The van der Waals surface area contributed by atoms with Crippen molar-refractivity contribution in [1.29, 1.82) is 0 Å². The highest BCUT2D eigenvalue weighted by Gasteiger charge is 2.22. The number of benzene rings is 1. The lowest BCUT2D eigenvalue weighted by atomic mass is 10.2. The van der Waals surface area contributed by atoms with Gasteiger partial charge in [0.05, 0.1) is 11.8 Å². The number of nitrogens with zero attached hydrogens (tertiary/aromatic N) is 4. The number of unbranched alkanes of at least 4 members (excludes halogenated alkanes) is 1. The summed E-state index contributed by atoms with van der Waals surface area (Å²) < 4.78 is 13.5. The van der Waals surface area contributed by atoms with Gasteiger partial charge in [-0.2, -0.15) is 4.98 Å². The molecule has 1 aliphatic rings. The topological polar surface area (TPSA) is 102 Å². The second kappa shape index (κ2) is 14.8. The van der Waals surface area contributed by atoms with Crippen molar-refractivity contribution >= 4 is 29.3 Å². The first-order valence-electron chi connectivity index (χ1n) is 13.2. The summed E-state index contributed by atoms with van der Waals surface area (Å²) in [6.07, 6.45) is 8.55. The van der Waals surface area contributed by atoms with Crippen LogP contribution in [0.25, 0.3) is 0 Å². The van der Waals surface area contributed by atoms with E-state index in [4.69, 9.17) is 0 Å². The monoisotopic (exact) mass is 535 g/mol. The van der Waals surface area contributed by atoms with Gasteiger partial charge in [-0.1, -0.05) is 24.0 Å². The fourth-order valence-electron chi connectivity index (χ4n) is 3.47. The molecule has 1 aromatic carbocycles. The summed E-state index contributed by atoms with van der Waals surface area (Å²) in [7, 11) is 5.46. The summed E-state index contributed by atoms with van der Waals surface area (Å²) in [6, 6.07) is 5.55. The molecule has 0 spiro atoms. The number of hydrogen-bond acceptors (Lipinski definition) is 7. The molecule has 10 heteroatoms. The van der Waals surface area contributed by atoms with Gasteiger partial charge in [0.25, 0.3) is 0 Å². The van der Waals surface area contributed by atoms with Crippen LogP contribution in [0.5, 0.6) is 0 Å². The highest BCUT2D eigenvalue weighted by Crippen LogP contribution is 2.29. The van der Waals surface area contributed by atoms with Gasteiger partial charge in [0.2, 0.25) is 17.8 Å². The zero-order valence-corrected chi connectivity index (χ0v) is 23.1. The second-order valence-corrected chi connectivity index (χ2v) is 9.90. The molecule has 0 radical (unpaired) electrons. The number of likely N-dealkylation sites (N-methyl/N-ethyl adjacent to an activating group) is 2. The largest absolute Gasteiger partial charge is 0.369 e. The maximum absolute atomic E-state index is 13.5. The molecule has 0 saturated heterocycles. The number of nitrogens with one attached hydrogen (secondary N) is 3. The number of hydrogen-bond donors (Lipinski definition) is 3. The SMILES string of the molecule is C[C@@H](C(=O)NCCCC#Cc1cnc(Nc2cccc(F)c2)nc1NCC1CC1)N(C)C(=O)/C=C/CN(C)C. The molecule has 208 valence electrons. The minimum atomic E-state index is -0.579. The standard InChI is InChI=1S/C29H38FN7O2/c1-21(37(4)26(38)13-9-17-36(2)3)28(39)31-16-7-5-6-10-23-20-33-29(34-25-12-8-11-24(30)18-25)35-27(23)32-19-22-14-15-22/h8-9,11-13,18,20-22H,5,7,14-17,19H2,1-4H3,(H,31,39)(H2,32,33,34,35)/b13-9+/t21-/m0/s1. The molecule has 2 amide bonds. The number of carbonyl (C=O) groups excluding carboxylic acids is 2. The van der Waals surface area contributed by atoms with Gasteiger partial charge in [0, 0.05) is 44.9 Å². The van der Waals surface area contributed by atoms with Crippen molar-refractivity contribution in [1.82, 2.24) is 25.1 Å². The first-order valence-corrected chi connectivity index (χ1v) is 13.2. The zero-order chi connectivity index (χ0) is 28.2.